The van der Waals surface area contributed by atoms with Crippen molar-refractivity contribution in [2.45, 2.75) is 44.9 Å². The molecule has 0 atom stereocenters. The molecule has 2 heterocycles. The number of hydrogen-bond donors (Lipinski definition) is 0. The smallest absolute Gasteiger partial charge is 0.422 e. The highest BCUT2D eigenvalue weighted by molar-refractivity contribution is 5.28. The molecule has 0 aliphatic carbocycles. The van der Waals surface area contributed by atoms with Crippen molar-refractivity contribution in [1.29, 1.82) is 0 Å². The van der Waals surface area contributed by atoms with Crippen LogP contribution >= 0.6 is 0 Å². The second-order valence-electron chi connectivity index (χ2n) is 7.27. The fourth-order valence-corrected chi connectivity index (χ4v) is 3.24. The normalized spacial score (nSPS) is 28.9. The first kappa shape index (κ1) is 21.4. The molecule has 0 bridgehead atoms. The summed E-state index contributed by atoms with van der Waals surface area (Å²) in [6, 6.07) is 6.23. The Bertz CT molecular complexity index is 576. The Balaban J connectivity index is 1.42. The molecular weight excluding hydrogens is 377 g/mol. The summed E-state index contributed by atoms with van der Waals surface area (Å²) in [5, 5.41) is 0. The summed E-state index contributed by atoms with van der Waals surface area (Å²) in [7, 11) is 0. The predicted molar refractivity (Wildman–Crippen MR) is 94.8 cm³/mol. The zero-order valence-corrected chi connectivity index (χ0v) is 16.0. The average molecular weight is 404 g/mol. The number of halogens is 3. The number of alkyl halides is 3. The van der Waals surface area contributed by atoms with Crippen LogP contribution in [0.25, 0.3) is 0 Å². The van der Waals surface area contributed by atoms with Crippen LogP contribution in [0, 0.1) is 11.8 Å². The van der Waals surface area contributed by atoms with E-state index in [9.17, 15) is 13.2 Å². The fraction of sp³-hybridized carbons (Fsp3) is 0.700. The Morgan fingerprint density at radius 2 is 1.61 bits per heavy atom. The fourth-order valence-electron chi connectivity index (χ4n) is 3.24. The van der Waals surface area contributed by atoms with Crippen molar-refractivity contribution in [2.24, 2.45) is 11.8 Å². The molecule has 8 heteroatoms. The molecule has 0 amide bonds. The summed E-state index contributed by atoms with van der Waals surface area (Å²) in [5.74, 6) is 0.599. The lowest BCUT2D eigenvalue weighted by Crippen LogP contribution is -2.43. The third kappa shape index (κ3) is 6.34. The molecule has 5 nitrogen and oxygen atoms in total. The maximum absolute atomic E-state index is 12.2. The highest BCUT2D eigenvalue weighted by atomic mass is 19.4. The van der Waals surface area contributed by atoms with Gasteiger partial charge in [0.15, 0.2) is 19.2 Å². The Morgan fingerprint density at radius 3 is 2.18 bits per heavy atom. The van der Waals surface area contributed by atoms with Gasteiger partial charge in [0, 0.05) is 11.5 Å². The van der Waals surface area contributed by atoms with Crippen LogP contribution in [-0.2, 0) is 18.9 Å². The van der Waals surface area contributed by atoms with E-state index < -0.39 is 19.1 Å². The van der Waals surface area contributed by atoms with E-state index in [1.807, 2.05) is 0 Å². The standard InChI is InChI=1S/C20H27F3O5/c1-2-3-4-14-9-24-19(25-10-14)16-11-26-18(27-12-16)15-5-7-17(8-6-15)28-13-20(21,22)23/h5-8,14,16,18-19H,2-4,9-13H2,1H3/t14-,16-,18-,19-. The van der Waals surface area contributed by atoms with Crippen LogP contribution in [-0.4, -0.2) is 45.5 Å². The van der Waals surface area contributed by atoms with Crippen molar-refractivity contribution in [2.75, 3.05) is 33.0 Å². The highest BCUT2D eigenvalue weighted by Gasteiger charge is 2.34. The van der Waals surface area contributed by atoms with Crippen molar-refractivity contribution in [3.05, 3.63) is 29.8 Å². The molecule has 1 aromatic carbocycles. The minimum atomic E-state index is -4.36. The van der Waals surface area contributed by atoms with Crippen molar-refractivity contribution in [3.8, 4) is 5.75 Å². The third-order valence-corrected chi connectivity index (χ3v) is 4.82. The van der Waals surface area contributed by atoms with Crippen molar-refractivity contribution in [1.82, 2.24) is 0 Å². The van der Waals surface area contributed by atoms with E-state index in [1.165, 1.54) is 25.0 Å². The molecular formula is C20H27F3O5. The molecule has 2 aliphatic heterocycles. The van der Waals surface area contributed by atoms with Gasteiger partial charge >= 0.3 is 6.18 Å². The Hall–Kier alpha value is -1.35. The van der Waals surface area contributed by atoms with E-state index in [1.54, 1.807) is 12.1 Å². The molecule has 1 aromatic rings. The number of rotatable bonds is 7. The Labute approximate surface area is 163 Å². The lowest BCUT2D eigenvalue weighted by atomic mass is 10.0. The van der Waals surface area contributed by atoms with E-state index in [2.05, 4.69) is 6.92 Å². The van der Waals surface area contributed by atoms with Gasteiger partial charge in [-0.1, -0.05) is 31.9 Å². The largest absolute Gasteiger partial charge is 0.484 e. The van der Waals surface area contributed by atoms with Gasteiger partial charge in [-0.15, -0.1) is 0 Å². The second-order valence-corrected chi connectivity index (χ2v) is 7.27. The number of unbranched alkanes of at least 4 members (excludes halogenated alkanes) is 1. The molecule has 0 unspecified atom stereocenters. The van der Waals surface area contributed by atoms with Crippen molar-refractivity contribution < 1.29 is 36.9 Å². The van der Waals surface area contributed by atoms with Crippen LogP contribution in [0.1, 0.15) is 38.0 Å². The molecule has 2 saturated heterocycles. The summed E-state index contributed by atoms with van der Waals surface area (Å²) in [6.07, 6.45) is -1.78. The first-order valence-electron chi connectivity index (χ1n) is 9.70. The van der Waals surface area contributed by atoms with Gasteiger partial charge in [0.05, 0.1) is 32.3 Å². The van der Waals surface area contributed by atoms with Crippen LogP contribution in [0.5, 0.6) is 5.75 Å². The summed E-state index contributed by atoms with van der Waals surface area (Å²) in [4.78, 5) is 0. The van der Waals surface area contributed by atoms with E-state index in [0.29, 0.717) is 32.3 Å². The van der Waals surface area contributed by atoms with Gasteiger partial charge in [0.2, 0.25) is 0 Å². The predicted octanol–water partition coefficient (Wildman–Crippen LogP) is 4.47. The monoisotopic (exact) mass is 404 g/mol. The number of ether oxygens (including phenoxy) is 5. The van der Waals surface area contributed by atoms with Crippen LogP contribution < -0.4 is 4.74 Å². The van der Waals surface area contributed by atoms with Gasteiger partial charge in [-0.2, -0.15) is 13.2 Å². The molecule has 2 aliphatic rings. The second kappa shape index (κ2) is 9.91. The lowest BCUT2D eigenvalue weighted by molar-refractivity contribution is -0.283. The molecule has 0 saturated carbocycles. The molecule has 2 fully saturated rings. The van der Waals surface area contributed by atoms with E-state index in [-0.39, 0.29) is 18.0 Å². The molecule has 158 valence electrons. The van der Waals surface area contributed by atoms with Gasteiger partial charge < -0.3 is 23.7 Å². The molecule has 0 radical (unpaired) electrons. The van der Waals surface area contributed by atoms with Crippen LogP contribution in [0.2, 0.25) is 0 Å². The summed E-state index contributed by atoms with van der Waals surface area (Å²) < 4.78 is 64.5. The minimum Gasteiger partial charge on any atom is -0.484 e. The van der Waals surface area contributed by atoms with E-state index in [0.717, 1.165) is 12.0 Å². The van der Waals surface area contributed by atoms with Crippen molar-refractivity contribution in [3.63, 3.8) is 0 Å². The lowest BCUT2D eigenvalue weighted by Gasteiger charge is -2.37. The molecule has 3 rings (SSSR count). The van der Waals surface area contributed by atoms with E-state index >= 15 is 0 Å². The minimum absolute atomic E-state index is 0.00207. The van der Waals surface area contributed by atoms with Gasteiger partial charge in [-0.3, -0.25) is 0 Å². The number of benzene rings is 1. The van der Waals surface area contributed by atoms with Gasteiger partial charge in [-0.25, -0.2) is 0 Å². The maximum atomic E-state index is 12.2. The van der Waals surface area contributed by atoms with E-state index in [4.69, 9.17) is 23.7 Å². The summed E-state index contributed by atoms with van der Waals surface area (Å²) >= 11 is 0. The Morgan fingerprint density at radius 1 is 0.964 bits per heavy atom. The zero-order valence-electron chi connectivity index (χ0n) is 16.0. The quantitative estimate of drug-likeness (QED) is 0.671. The first-order chi connectivity index (χ1) is 13.4. The van der Waals surface area contributed by atoms with Crippen LogP contribution in [0.3, 0.4) is 0 Å². The van der Waals surface area contributed by atoms with Gasteiger partial charge in [0.25, 0.3) is 0 Å². The van der Waals surface area contributed by atoms with Gasteiger partial charge in [0.1, 0.15) is 5.75 Å². The summed E-state index contributed by atoms with van der Waals surface area (Å²) in [6.45, 7) is 3.12. The summed E-state index contributed by atoms with van der Waals surface area (Å²) in [5.41, 5.74) is 0.725. The maximum Gasteiger partial charge on any atom is 0.422 e. The van der Waals surface area contributed by atoms with Crippen molar-refractivity contribution >= 4 is 0 Å². The van der Waals surface area contributed by atoms with Gasteiger partial charge in [-0.05, 0) is 18.6 Å². The topological polar surface area (TPSA) is 46.2 Å². The number of hydrogen-bond acceptors (Lipinski definition) is 5. The van der Waals surface area contributed by atoms with Crippen LogP contribution in [0.4, 0.5) is 13.2 Å². The molecule has 0 spiro atoms. The zero-order chi connectivity index (χ0) is 20.0. The van der Waals surface area contributed by atoms with Crippen LogP contribution in [0.15, 0.2) is 24.3 Å². The molecule has 28 heavy (non-hydrogen) atoms. The average Bonchev–Trinajstić information content (AvgIpc) is 2.71. The third-order valence-electron chi connectivity index (χ3n) is 4.82. The molecule has 0 aromatic heterocycles. The highest BCUT2D eigenvalue weighted by Crippen LogP contribution is 2.30. The Kier molecular flexibility index (Phi) is 7.56. The SMILES string of the molecule is CCCC[C@H]1CO[C@H]([C@H]2CO[C@H](c3ccc(OCC(F)(F)F)cc3)OC2)OC1. The molecule has 0 N–H and O–H groups in total. The first-order valence-corrected chi connectivity index (χ1v) is 9.70.